The number of nitrogens with zero attached hydrogens (tertiary/aromatic N) is 1. The molecule has 0 bridgehead atoms. The van der Waals surface area contributed by atoms with Crippen LogP contribution in [0.2, 0.25) is 0 Å². The molecule has 2 aromatic heterocycles. The van der Waals surface area contributed by atoms with E-state index in [1.54, 1.807) is 0 Å². The molecule has 2 heterocycles. The van der Waals surface area contributed by atoms with Crippen LogP contribution in [0.3, 0.4) is 0 Å². The van der Waals surface area contributed by atoms with Crippen LogP contribution in [-0.2, 0) is 0 Å². The second-order valence-corrected chi connectivity index (χ2v) is 9.99. The maximum Gasteiger partial charge on any atom is 0.0780 e. The Hall–Kier alpha value is -2.97. The summed E-state index contributed by atoms with van der Waals surface area (Å²) in [5.74, 6) is 0.943. The highest BCUT2D eigenvalue weighted by atomic mass is 32.1. The molecule has 1 nitrogen and oxygen atoms in total. The molecule has 0 saturated heterocycles. The number of fused-ring (bicyclic) bond motifs is 2. The molecule has 2 heteroatoms. The molecule has 0 aliphatic heterocycles. The number of rotatable bonds is 4. The van der Waals surface area contributed by atoms with Crippen LogP contribution in [0.5, 0.6) is 0 Å². The Morgan fingerprint density at radius 2 is 1.52 bits per heavy atom. The second-order valence-electron chi connectivity index (χ2n) is 8.90. The smallest absolute Gasteiger partial charge is 0.0780 e. The van der Waals surface area contributed by atoms with E-state index in [4.69, 9.17) is 4.98 Å². The molecular formula is C29H27NS. The van der Waals surface area contributed by atoms with E-state index in [1.807, 2.05) is 17.5 Å². The van der Waals surface area contributed by atoms with Crippen LogP contribution >= 0.6 is 11.3 Å². The number of aromatic nitrogens is 1. The molecule has 0 aliphatic carbocycles. The summed E-state index contributed by atoms with van der Waals surface area (Å²) < 4.78 is 1.33. The van der Waals surface area contributed by atoms with Gasteiger partial charge in [0.25, 0.3) is 0 Å². The van der Waals surface area contributed by atoms with Crippen LogP contribution in [0, 0.1) is 0 Å². The highest BCUT2D eigenvalue weighted by Crippen LogP contribution is 2.41. The lowest BCUT2D eigenvalue weighted by Crippen LogP contribution is -1.93. The molecule has 0 fully saturated rings. The van der Waals surface area contributed by atoms with Crippen molar-refractivity contribution in [2.45, 2.75) is 39.5 Å². The zero-order valence-electron chi connectivity index (χ0n) is 18.5. The van der Waals surface area contributed by atoms with Crippen molar-refractivity contribution >= 4 is 32.2 Å². The molecule has 0 unspecified atom stereocenters. The van der Waals surface area contributed by atoms with Gasteiger partial charge in [-0.25, -0.2) is 0 Å². The van der Waals surface area contributed by atoms with Gasteiger partial charge in [0.05, 0.1) is 5.69 Å². The maximum atomic E-state index is 4.85. The lowest BCUT2D eigenvalue weighted by atomic mass is 9.93. The molecule has 0 atom stereocenters. The van der Waals surface area contributed by atoms with E-state index in [0.717, 1.165) is 5.69 Å². The first-order valence-corrected chi connectivity index (χ1v) is 11.8. The van der Waals surface area contributed by atoms with E-state index >= 15 is 0 Å². The van der Waals surface area contributed by atoms with Crippen molar-refractivity contribution < 1.29 is 0 Å². The monoisotopic (exact) mass is 421 g/mol. The van der Waals surface area contributed by atoms with E-state index in [9.17, 15) is 0 Å². The van der Waals surface area contributed by atoms with Crippen LogP contribution in [0.1, 0.15) is 50.7 Å². The van der Waals surface area contributed by atoms with Crippen molar-refractivity contribution in [1.29, 1.82) is 0 Å². The van der Waals surface area contributed by atoms with E-state index in [-0.39, 0.29) is 0 Å². The van der Waals surface area contributed by atoms with E-state index < -0.39 is 0 Å². The summed E-state index contributed by atoms with van der Waals surface area (Å²) in [6.45, 7) is 9.06. The average Bonchev–Trinajstić information content (AvgIpc) is 3.22. The Morgan fingerprint density at radius 1 is 0.710 bits per heavy atom. The first-order chi connectivity index (χ1) is 15.0. The molecule has 0 spiro atoms. The number of hydrogen-bond donors (Lipinski definition) is 0. The molecule has 0 aliphatic rings. The standard InChI is InChI=1S/C29H27NS/c1-18(2)22-11-10-20-12-13-30-29(25(20)14-22)23-15-24(19(3)4)26-17-27(31-28(26)16-23)21-8-6-5-7-9-21/h5-19H,1-4H3. The summed E-state index contributed by atoms with van der Waals surface area (Å²) in [5, 5.41) is 3.85. The fourth-order valence-corrected chi connectivity index (χ4v) is 5.44. The molecule has 5 aromatic rings. The second kappa shape index (κ2) is 7.94. The first-order valence-electron chi connectivity index (χ1n) is 11.0. The zero-order valence-corrected chi connectivity index (χ0v) is 19.3. The maximum absolute atomic E-state index is 4.85. The van der Waals surface area contributed by atoms with Crippen molar-refractivity contribution in [2.24, 2.45) is 0 Å². The van der Waals surface area contributed by atoms with Crippen LogP contribution in [0.15, 0.2) is 79.0 Å². The third kappa shape index (κ3) is 3.66. The van der Waals surface area contributed by atoms with Gasteiger partial charge in [0.2, 0.25) is 0 Å². The molecule has 0 radical (unpaired) electrons. The summed E-state index contributed by atoms with van der Waals surface area (Å²) in [4.78, 5) is 6.18. The fourth-order valence-electron chi connectivity index (χ4n) is 4.30. The minimum absolute atomic E-state index is 0.446. The molecule has 31 heavy (non-hydrogen) atoms. The molecule has 154 valence electrons. The summed E-state index contributed by atoms with van der Waals surface area (Å²) in [6, 6.07) is 26.7. The normalized spacial score (nSPS) is 11.8. The van der Waals surface area contributed by atoms with Crippen LogP contribution < -0.4 is 0 Å². The molecule has 0 N–H and O–H groups in total. The third-order valence-corrected chi connectivity index (χ3v) is 7.21. The van der Waals surface area contributed by atoms with Crippen LogP contribution in [0.25, 0.3) is 42.6 Å². The van der Waals surface area contributed by atoms with Gasteiger partial charge in [-0.1, -0.05) is 70.2 Å². The minimum Gasteiger partial charge on any atom is -0.256 e. The van der Waals surface area contributed by atoms with Crippen LogP contribution in [0.4, 0.5) is 0 Å². The van der Waals surface area contributed by atoms with Crippen molar-refractivity contribution in [2.75, 3.05) is 0 Å². The van der Waals surface area contributed by atoms with Crippen molar-refractivity contribution in [1.82, 2.24) is 4.98 Å². The Morgan fingerprint density at radius 3 is 2.26 bits per heavy atom. The van der Waals surface area contributed by atoms with Crippen molar-refractivity contribution in [3.63, 3.8) is 0 Å². The van der Waals surface area contributed by atoms with Gasteiger partial charge >= 0.3 is 0 Å². The molecule has 5 rings (SSSR count). The largest absolute Gasteiger partial charge is 0.256 e. The molecule has 0 amide bonds. The number of pyridine rings is 1. The Labute approximate surface area is 188 Å². The topological polar surface area (TPSA) is 12.9 Å². The summed E-state index contributed by atoms with van der Waals surface area (Å²) >= 11 is 1.88. The van der Waals surface area contributed by atoms with Crippen molar-refractivity contribution in [3.8, 4) is 21.7 Å². The fraction of sp³-hybridized carbons (Fsp3) is 0.207. The van der Waals surface area contributed by atoms with Gasteiger partial charge in [-0.15, -0.1) is 11.3 Å². The highest BCUT2D eigenvalue weighted by Gasteiger charge is 2.15. The summed E-state index contributed by atoms with van der Waals surface area (Å²) in [6.07, 6.45) is 1.94. The quantitative estimate of drug-likeness (QED) is 0.282. The first kappa shape index (κ1) is 20.0. The average molecular weight is 422 g/mol. The van der Waals surface area contributed by atoms with Gasteiger partial charge in [-0.2, -0.15) is 0 Å². The highest BCUT2D eigenvalue weighted by molar-refractivity contribution is 7.22. The van der Waals surface area contributed by atoms with Gasteiger partial charge in [-0.05, 0) is 69.6 Å². The van der Waals surface area contributed by atoms with Gasteiger partial charge in [-0.3, -0.25) is 4.98 Å². The zero-order chi connectivity index (χ0) is 21.5. The van der Waals surface area contributed by atoms with Gasteiger partial charge in [0, 0.05) is 26.7 Å². The van der Waals surface area contributed by atoms with E-state index in [1.165, 1.54) is 48.0 Å². The van der Waals surface area contributed by atoms with Gasteiger partial charge in [0.15, 0.2) is 0 Å². The number of thiophene rings is 1. The van der Waals surface area contributed by atoms with E-state index in [2.05, 4.69) is 100 Å². The Balaban J connectivity index is 1.75. The lowest BCUT2D eigenvalue weighted by Gasteiger charge is -2.13. The lowest BCUT2D eigenvalue weighted by molar-refractivity contribution is 0.868. The molecule has 0 saturated carbocycles. The number of benzene rings is 3. The van der Waals surface area contributed by atoms with E-state index in [0.29, 0.717) is 11.8 Å². The SMILES string of the molecule is CC(C)c1ccc2ccnc(-c3cc(C(C)C)c4cc(-c5ccccc5)sc4c3)c2c1. The minimum atomic E-state index is 0.446. The Kier molecular flexibility index (Phi) is 5.11. The third-order valence-electron chi connectivity index (χ3n) is 6.08. The van der Waals surface area contributed by atoms with Crippen molar-refractivity contribution in [3.05, 3.63) is 90.1 Å². The predicted octanol–water partition coefficient (Wildman–Crippen LogP) is 9.03. The summed E-state index contributed by atoms with van der Waals surface area (Å²) in [5.41, 5.74) is 6.33. The molecule has 3 aromatic carbocycles. The van der Waals surface area contributed by atoms with Crippen LogP contribution in [-0.4, -0.2) is 4.98 Å². The predicted molar refractivity (Wildman–Crippen MR) is 136 cm³/mol. The summed E-state index contributed by atoms with van der Waals surface area (Å²) in [7, 11) is 0. The molecular weight excluding hydrogens is 394 g/mol. The van der Waals surface area contributed by atoms with Gasteiger partial charge < -0.3 is 0 Å². The number of hydrogen-bond acceptors (Lipinski definition) is 2. The Bertz CT molecular complexity index is 1380. The van der Waals surface area contributed by atoms with Gasteiger partial charge in [0.1, 0.15) is 0 Å².